The summed E-state index contributed by atoms with van der Waals surface area (Å²) in [5.74, 6) is -7.87. The average molecular weight is 559 g/mol. The first-order valence-electron chi connectivity index (χ1n) is 8.87. The van der Waals surface area contributed by atoms with Crippen LogP contribution in [0.5, 0.6) is 0 Å². The molecule has 3 fully saturated rings. The Kier molecular flexibility index (Phi) is 5.99. The Morgan fingerprint density at radius 3 is 2.32 bits per heavy atom. The standard InChI is InChI=1S/C15H18BrF3O10S2/c1-14(2,16)13(21)28-9-5-3-6-10(9)29-31(25,26)11(6)8(5)12(20)27-7(15(17,18)19)4-30(22,23)24/h5-11H,3-4H2,1-2H3,(H,22,23,24). The molecule has 31 heavy (non-hydrogen) atoms. The molecule has 0 amide bonds. The predicted molar refractivity (Wildman–Crippen MR) is 97.9 cm³/mol. The lowest BCUT2D eigenvalue weighted by Crippen LogP contribution is -2.49. The van der Waals surface area contributed by atoms with Gasteiger partial charge in [0.15, 0.2) is 0 Å². The summed E-state index contributed by atoms with van der Waals surface area (Å²) in [5.41, 5.74) is 0. The largest absolute Gasteiger partial charge is 0.458 e. The van der Waals surface area contributed by atoms with E-state index < -0.39 is 89.7 Å². The molecule has 0 aromatic heterocycles. The van der Waals surface area contributed by atoms with Crippen molar-refractivity contribution in [1.82, 2.24) is 0 Å². The summed E-state index contributed by atoms with van der Waals surface area (Å²) in [5, 5.41) is -1.51. The van der Waals surface area contributed by atoms with Gasteiger partial charge >= 0.3 is 18.1 Å². The lowest BCUT2D eigenvalue weighted by Gasteiger charge is -2.32. The van der Waals surface area contributed by atoms with Gasteiger partial charge in [-0.25, -0.2) is 0 Å². The van der Waals surface area contributed by atoms with Crippen LogP contribution < -0.4 is 0 Å². The summed E-state index contributed by atoms with van der Waals surface area (Å²) >= 11 is 3.07. The lowest BCUT2D eigenvalue weighted by molar-refractivity contribution is -0.219. The van der Waals surface area contributed by atoms with Crippen molar-refractivity contribution in [2.45, 2.75) is 54.3 Å². The molecule has 0 aromatic rings. The SMILES string of the molecule is CC(C)(Br)C(=O)OC1C2CC3C1OS(=O)(=O)C3C2C(=O)OC(CS(=O)(=O)O)C(F)(F)F. The van der Waals surface area contributed by atoms with Gasteiger partial charge in [-0.3, -0.25) is 18.3 Å². The van der Waals surface area contributed by atoms with E-state index in [0.717, 1.165) is 0 Å². The van der Waals surface area contributed by atoms with Gasteiger partial charge in [0.05, 0.1) is 5.92 Å². The summed E-state index contributed by atoms with van der Waals surface area (Å²) in [6.45, 7) is 2.90. The first-order valence-corrected chi connectivity index (χ1v) is 12.7. The molecule has 7 unspecified atom stereocenters. The molecule has 3 aliphatic rings. The van der Waals surface area contributed by atoms with Crippen molar-refractivity contribution in [3.63, 3.8) is 0 Å². The molecule has 1 N–H and O–H groups in total. The van der Waals surface area contributed by atoms with Gasteiger partial charge in [0, 0.05) is 11.8 Å². The summed E-state index contributed by atoms with van der Waals surface area (Å²) in [4.78, 5) is 24.9. The fourth-order valence-corrected chi connectivity index (χ4v) is 7.11. The van der Waals surface area contributed by atoms with Gasteiger partial charge in [0.1, 0.15) is 27.5 Å². The van der Waals surface area contributed by atoms with Crippen LogP contribution in [-0.2, 0) is 43.5 Å². The number of hydrogen-bond acceptors (Lipinski definition) is 9. The number of carbonyl (C=O) groups is 2. The molecule has 1 saturated heterocycles. The van der Waals surface area contributed by atoms with Crippen LogP contribution in [0.25, 0.3) is 0 Å². The van der Waals surface area contributed by atoms with Crippen LogP contribution in [0.3, 0.4) is 0 Å². The highest BCUT2D eigenvalue weighted by Gasteiger charge is 2.72. The summed E-state index contributed by atoms with van der Waals surface area (Å²) < 4.78 is 108. The van der Waals surface area contributed by atoms with Gasteiger partial charge in [-0.05, 0) is 20.3 Å². The Bertz CT molecular complexity index is 987. The van der Waals surface area contributed by atoms with Crippen LogP contribution in [-0.4, -0.2) is 73.1 Å². The third kappa shape index (κ3) is 4.72. The number of carbonyl (C=O) groups excluding carboxylic acids is 2. The van der Waals surface area contributed by atoms with E-state index in [1.165, 1.54) is 13.8 Å². The Morgan fingerprint density at radius 2 is 1.84 bits per heavy atom. The van der Waals surface area contributed by atoms with Crippen molar-refractivity contribution >= 4 is 48.1 Å². The Labute approximate surface area is 183 Å². The number of alkyl halides is 4. The minimum absolute atomic E-state index is 0.0178. The van der Waals surface area contributed by atoms with Crippen LogP contribution >= 0.6 is 15.9 Å². The third-order valence-corrected chi connectivity index (χ3v) is 8.36. The van der Waals surface area contributed by atoms with E-state index >= 15 is 0 Å². The molecule has 1 aliphatic heterocycles. The monoisotopic (exact) mass is 558 g/mol. The van der Waals surface area contributed by atoms with Gasteiger partial charge in [-0.15, -0.1) is 0 Å². The molecule has 2 bridgehead atoms. The van der Waals surface area contributed by atoms with Crippen LogP contribution in [0.15, 0.2) is 0 Å². The molecule has 178 valence electrons. The maximum Gasteiger partial charge on any atom is 0.426 e. The number of rotatable bonds is 6. The van der Waals surface area contributed by atoms with Crippen molar-refractivity contribution in [3.05, 3.63) is 0 Å². The number of esters is 2. The Hall–Kier alpha value is -0.970. The van der Waals surface area contributed by atoms with Crippen molar-refractivity contribution in [3.8, 4) is 0 Å². The minimum atomic E-state index is -5.34. The molecule has 10 nitrogen and oxygen atoms in total. The highest BCUT2D eigenvalue weighted by atomic mass is 79.9. The zero-order chi connectivity index (χ0) is 23.7. The number of fused-ring (bicyclic) bond motifs is 1. The highest BCUT2D eigenvalue weighted by molar-refractivity contribution is 9.10. The quantitative estimate of drug-likeness (QED) is 0.214. The zero-order valence-corrected chi connectivity index (χ0v) is 19.1. The maximum absolute atomic E-state index is 13.1. The molecule has 16 heteroatoms. The molecule has 2 saturated carbocycles. The topological polar surface area (TPSA) is 150 Å². The lowest BCUT2D eigenvalue weighted by atomic mass is 9.84. The van der Waals surface area contributed by atoms with Crippen LogP contribution in [0.1, 0.15) is 20.3 Å². The molecule has 0 aromatic carbocycles. The second-order valence-corrected chi connectivity index (χ2v) is 13.4. The van der Waals surface area contributed by atoms with Crippen LogP contribution in [0, 0.1) is 17.8 Å². The van der Waals surface area contributed by atoms with Crippen molar-refractivity contribution in [2.24, 2.45) is 17.8 Å². The van der Waals surface area contributed by atoms with Gasteiger partial charge in [-0.1, -0.05) is 15.9 Å². The maximum atomic E-state index is 13.1. The number of hydrogen-bond donors (Lipinski definition) is 1. The Balaban J connectivity index is 1.89. The number of halogens is 4. The second-order valence-electron chi connectivity index (χ2n) is 8.17. The molecule has 0 spiro atoms. The second kappa shape index (κ2) is 7.53. The fourth-order valence-electron chi connectivity index (χ4n) is 4.32. The molecule has 0 radical (unpaired) electrons. The smallest absolute Gasteiger partial charge is 0.426 e. The fraction of sp³-hybridized carbons (Fsp3) is 0.867. The molecular formula is C15H18BrF3O10S2. The van der Waals surface area contributed by atoms with E-state index in [0.29, 0.717) is 0 Å². The van der Waals surface area contributed by atoms with Crippen LogP contribution in [0.4, 0.5) is 13.2 Å². The van der Waals surface area contributed by atoms with E-state index in [9.17, 15) is 39.6 Å². The molecule has 3 rings (SSSR count). The molecular weight excluding hydrogens is 541 g/mol. The van der Waals surface area contributed by atoms with Crippen molar-refractivity contribution < 1.29 is 57.8 Å². The molecule has 1 heterocycles. The normalized spacial score (nSPS) is 35.1. The molecule has 7 atom stereocenters. The average Bonchev–Trinajstić information content (AvgIpc) is 3.13. The molecule has 2 aliphatic carbocycles. The van der Waals surface area contributed by atoms with Crippen LogP contribution in [0.2, 0.25) is 0 Å². The van der Waals surface area contributed by atoms with E-state index in [-0.39, 0.29) is 6.42 Å². The van der Waals surface area contributed by atoms with E-state index in [1.54, 1.807) is 0 Å². The summed E-state index contributed by atoms with van der Waals surface area (Å²) in [7, 11) is -9.57. The first-order chi connectivity index (χ1) is 13.8. The minimum Gasteiger partial charge on any atom is -0.458 e. The predicted octanol–water partition coefficient (Wildman–Crippen LogP) is 0.797. The third-order valence-electron chi connectivity index (χ3n) is 5.51. The number of ether oxygens (including phenoxy) is 2. The highest BCUT2D eigenvalue weighted by Crippen LogP contribution is 2.59. The van der Waals surface area contributed by atoms with Gasteiger partial charge in [0.2, 0.25) is 6.10 Å². The van der Waals surface area contributed by atoms with Crippen molar-refractivity contribution in [1.29, 1.82) is 0 Å². The summed E-state index contributed by atoms with van der Waals surface area (Å²) in [6.07, 6.45) is -10.9. The summed E-state index contributed by atoms with van der Waals surface area (Å²) in [6, 6.07) is 0. The van der Waals surface area contributed by atoms with E-state index in [1.807, 2.05) is 0 Å². The van der Waals surface area contributed by atoms with E-state index in [4.69, 9.17) is 13.5 Å². The van der Waals surface area contributed by atoms with Gasteiger partial charge in [-0.2, -0.15) is 30.0 Å². The first kappa shape index (κ1) is 24.7. The Morgan fingerprint density at radius 1 is 1.26 bits per heavy atom. The van der Waals surface area contributed by atoms with Gasteiger partial charge in [0.25, 0.3) is 20.2 Å². The van der Waals surface area contributed by atoms with Gasteiger partial charge < -0.3 is 9.47 Å². The van der Waals surface area contributed by atoms with E-state index in [2.05, 4.69) is 20.7 Å². The zero-order valence-electron chi connectivity index (χ0n) is 15.9. The van der Waals surface area contributed by atoms with Crippen molar-refractivity contribution in [2.75, 3.05) is 5.75 Å².